The van der Waals surface area contributed by atoms with Gasteiger partial charge in [-0.05, 0) is 45.2 Å². The average Bonchev–Trinajstić information content (AvgIpc) is 2.96. The number of nitrogens with one attached hydrogen (secondary N) is 1. The van der Waals surface area contributed by atoms with Crippen LogP contribution < -0.4 is 5.32 Å². The first-order chi connectivity index (χ1) is 12.0. The highest BCUT2D eigenvalue weighted by molar-refractivity contribution is 5.76. The van der Waals surface area contributed by atoms with Crippen LogP contribution in [0.3, 0.4) is 0 Å². The SMILES string of the molecule is Cc1cc2nc(C)c(CCC(=O)N[C@H](C)c3ccccc3)c(C)n2n1. The van der Waals surface area contributed by atoms with Gasteiger partial charge in [0.05, 0.1) is 11.7 Å². The van der Waals surface area contributed by atoms with Gasteiger partial charge in [0.25, 0.3) is 0 Å². The third kappa shape index (κ3) is 3.71. The largest absolute Gasteiger partial charge is 0.350 e. The Morgan fingerprint density at radius 2 is 1.92 bits per heavy atom. The maximum atomic E-state index is 12.3. The molecular weight excluding hydrogens is 312 g/mol. The number of amides is 1. The van der Waals surface area contributed by atoms with E-state index in [1.807, 2.05) is 68.6 Å². The van der Waals surface area contributed by atoms with Crippen LogP contribution in [0.5, 0.6) is 0 Å². The molecule has 0 fully saturated rings. The summed E-state index contributed by atoms with van der Waals surface area (Å²) in [5.74, 6) is 0.0481. The van der Waals surface area contributed by atoms with Crippen molar-refractivity contribution in [1.29, 1.82) is 0 Å². The summed E-state index contributed by atoms with van der Waals surface area (Å²) in [6, 6.07) is 12.0. The summed E-state index contributed by atoms with van der Waals surface area (Å²) in [6.45, 7) is 7.99. The molecule has 1 N–H and O–H groups in total. The number of benzene rings is 1. The van der Waals surface area contributed by atoms with Crippen molar-refractivity contribution < 1.29 is 4.79 Å². The highest BCUT2D eigenvalue weighted by atomic mass is 16.1. The van der Waals surface area contributed by atoms with Gasteiger partial charge in [0, 0.05) is 23.9 Å². The van der Waals surface area contributed by atoms with Crippen molar-refractivity contribution in [3.05, 3.63) is 64.6 Å². The zero-order chi connectivity index (χ0) is 18.0. The van der Waals surface area contributed by atoms with E-state index in [0.717, 1.165) is 33.9 Å². The summed E-state index contributed by atoms with van der Waals surface area (Å²) in [5, 5.41) is 7.55. The molecule has 0 radical (unpaired) electrons. The molecule has 5 nitrogen and oxygen atoms in total. The van der Waals surface area contributed by atoms with Crippen LogP contribution in [0.4, 0.5) is 0 Å². The number of fused-ring (bicyclic) bond motifs is 1. The van der Waals surface area contributed by atoms with Gasteiger partial charge in [-0.2, -0.15) is 5.10 Å². The van der Waals surface area contributed by atoms with E-state index in [0.29, 0.717) is 12.8 Å². The first-order valence-electron chi connectivity index (χ1n) is 8.62. The van der Waals surface area contributed by atoms with E-state index >= 15 is 0 Å². The molecule has 0 unspecified atom stereocenters. The van der Waals surface area contributed by atoms with Crippen LogP contribution >= 0.6 is 0 Å². The van der Waals surface area contributed by atoms with Crippen molar-refractivity contribution in [1.82, 2.24) is 19.9 Å². The normalized spacial score (nSPS) is 12.3. The second kappa shape index (κ2) is 7.05. The first-order valence-corrected chi connectivity index (χ1v) is 8.62. The topological polar surface area (TPSA) is 59.3 Å². The van der Waals surface area contributed by atoms with Crippen molar-refractivity contribution in [2.24, 2.45) is 0 Å². The quantitative estimate of drug-likeness (QED) is 0.776. The van der Waals surface area contributed by atoms with Gasteiger partial charge in [-0.3, -0.25) is 4.79 Å². The highest BCUT2D eigenvalue weighted by Crippen LogP contribution is 2.17. The predicted molar refractivity (Wildman–Crippen MR) is 98.5 cm³/mol. The Kier molecular flexibility index (Phi) is 4.83. The highest BCUT2D eigenvalue weighted by Gasteiger charge is 2.14. The smallest absolute Gasteiger partial charge is 0.220 e. The van der Waals surface area contributed by atoms with Gasteiger partial charge in [0.15, 0.2) is 5.65 Å². The zero-order valence-corrected chi connectivity index (χ0v) is 15.2. The van der Waals surface area contributed by atoms with Gasteiger partial charge < -0.3 is 5.32 Å². The monoisotopic (exact) mass is 336 g/mol. The molecule has 130 valence electrons. The molecule has 0 spiro atoms. The van der Waals surface area contributed by atoms with Gasteiger partial charge in [-0.25, -0.2) is 9.50 Å². The Bertz CT molecular complexity index is 899. The Labute approximate surface area is 148 Å². The van der Waals surface area contributed by atoms with Crippen molar-refractivity contribution in [2.75, 3.05) is 0 Å². The van der Waals surface area contributed by atoms with Crippen molar-refractivity contribution in [3.63, 3.8) is 0 Å². The van der Waals surface area contributed by atoms with E-state index in [4.69, 9.17) is 0 Å². The van der Waals surface area contributed by atoms with Gasteiger partial charge in [-0.15, -0.1) is 0 Å². The molecule has 5 heteroatoms. The van der Waals surface area contributed by atoms with Crippen molar-refractivity contribution >= 4 is 11.6 Å². The molecule has 25 heavy (non-hydrogen) atoms. The molecule has 0 aliphatic carbocycles. The molecule has 0 aliphatic heterocycles. The van der Waals surface area contributed by atoms with E-state index in [9.17, 15) is 4.79 Å². The lowest BCUT2D eigenvalue weighted by molar-refractivity contribution is -0.121. The number of carbonyl (C=O) groups excluding carboxylic acids is 1. The van der Waals surface area contributed by atoms with E-state index in [1.54, 1.807) is 0 Å². The van der Waals surface area contributed by atoms with E-state index in [-0.39, 0.29) is 11.9 Å². The molecular formula is C20H24N4O. The standard InChI is InChI=1S/C20H24N4O/c1-13-12-19-21-15(3)18(16(4)24(19)23-13)10-11-20(25)22-14(2)17-8-6-5-7-9-17/h5-9,12,14H,10-11H2,1-4H3,(H,22,25)/t14-/m1/s1. The third-order valence-electron chi connectivity index (χ3n) is 4.57. The van der Waals surface area contributed by atoms with Crippen molar-refractivity contribution in [2.45, 2.75) is 46.6 Å². The van der Waals surface area contributed by atoms with Crippen LogP contribution in [-0.2, 0) is 11.2 Å². The molecule has 3 rings (SSSR count). The lowest BCUT2D eigenvalue weighted by Gasteiger charge is -2.15. The summed E-state index contributed by atoms with van der Waals surface area (Å²) < 4.78 is 1.86. The first kappa shape index (κ1) is 17.1. The zero-order valence-electron chi connectivity index (χ0n) is 15.2. The lowest BCUT2D eigenvalue weighted by atomic mass is 10.1. The maximum Gasteiger partial charge on any atom is 0.220 e. The fourth-order valence-corrected chi connectivity index (χ4v) is 3.18. The van der Waals surface area contributed by atoms with Crippen LogP contribution in [0.1, 0.15) is 47.6 Å². The second-order valence-corrected chi connectivity index (χ2v) is 6.52. The minimum absolute atomic E-state index is 0.00487. The molecule has 2 heterocycles. The third-order valence-corrected chi connectivity index (χ3v) is 4.57. The van der Waals surface area contributed by atoms with Gasteiger partial charge >= 0.3 is 0 Å². The number of hydrogen-bond donors (Lipinski definition) is 1. The van der Waals surface area contributed by atoms with E-state index < -0.39 is 0 Å². The van der Waals surface area contributed by atoms with Gasteiger partial charge in [0.1, 0.15) is 0 Å². The number of hydrogen-bond acceptors (Lipinski definition) is 3. The maximum absolute atomic E-state index is 12.3. The minimum Gasteiger partial charge on any atom is -0.350 e. The number of aryl methyl sites for hydroxylation is 3. The molecule has 0 saturated carbocycles. The van der Waals surface area contributed by atoms with Crippen LogP contribution in [0.25, 0.3) is 5.65 Å². The molecule has 2 aromatic heterocycles. The minimum atomic E-state index is 0.00487. The Hall–Kier alpha value is -2.69. The molecule has 1 atom stereocenters. The van der Waals surface area contributed by atoms with Crippen LogP contribution in [0.2, 0.25) is 0 Å². The number of aromatic nitrogens is 3. The second-order valence-electron chi connectivity index (χ2n) is 6.52. The number of carbonyl (C=O) groups is 1. The summed E-state index contributed by atoms with van der Waals surface area (Å²) in [6.07, 6.45) is 1.10. The lowest BCUT2D eigenvalue weighted by Crippen LogP contribution is -2.27. The molecule has 3 aromatic rings. The average molecular weight is 336 g/mol. The molecule has 0 aliphatic rings. The van der Waals surface area contributed by atoms with E-state index in [1.165, 1.54) is 0 Å². The fourth-order valence-electron chi connectivity index (χ4n) is 3.18. The van der Waals surface area contributed by atoms with Crippen LogP contribution in [0, 0.1) is 20.8 Å². The van der Waals surface area contributed by atoms with Crippen molar-refractivity contribution in [3.8, 4) is 0 Å². The Morgan fingerprint density at radius 3 is 2.64 bits per heavy atom. The summed E-state index contributed by atoms with van der Waals surface area (Å²) >= 11 is 0. The molecule has 1 amide bonds. The Balaban J connectivity index is 1.69. The Morgan fingerprint density at radius 1 is 1.20 bits per heavy atom. The molecule has 0 bridgehead atoms. The van der Waals surface area contributed by atoms with Crippen LogP contribution in [-0.4, -0.2) is 20.5 Å². The summed E-state index contributed by atoms with van der Waals surface area (Å²) in [7, 11) is 0. The van der Waals surface area contributed by atoms with Gasteiger partial charge in [0.2, 0.25) is 5.91 Å². The van der Waals surface area contributed by atoms with Gasteiger partial charge in [-0.1, -0.05) is 30.3 Å². The van der Waals surface area contributed by atoms with E-state index in [2.05, 4.69) is 15.4 Å². The van der Waals surface area contributed by atoms with Crippen LogP contribution in [0.15, 0.2) is 36.4 Å². The summed E-state index contributed by atoms with van der Waals surface area (Å²) in [5.41, 5.74) is 6.03. The predicted octanol–water partition coefficient (Wildman–Crippen LogP) is 3.46. The number of rotatable bonds is 5. The molecule has 1 aromatic carbocycles. The molecule has 0 saturated heterocycles. The summed E-state index contributed by atoms with van der Waals surface area (Å²) in [4.78, 5) is 16.9. The fraction of sp³-hybridized carbons (Fsp3) is 0.350. The number of nitrogens with zero attached hydrogens (tertiary/aromatic N) is 3.